The van der Waals surface area contributed by atoms with Crippen molar-refractivity contribution in [2.75, 3.05) is 5.88 Å². The smallest absolute Gasteiger partial charge is 0.147 e. The first-order chi connectivity index (χ1) is 5.79. The number of carbonyl (C=O) groups is 1. The van der Waals surface area contributed by atoms with Gasteiger partial charge in [-0.05, 0) is 37.0 Å². The molecule has 0 aromatic carbocycles. The van der Waals surface area contributed by atoms with E-state index in [1.807, 2.05) is 0 Å². The maximum Gasteiger partial charge on any atom is 0.147 e. The van der Waals surface area contributed by atoms with Gasteiger partial charge in [0.1, 0.15) is 5.78 Å². The molecule has 0 heterocycles. The molecule has 3 unspecified atom stereocenters. The van der Waals surface area contributed by atoms with E-state index in [0.29, 0.717) is 5.92 Å². The number of carbonyl (C=O) groups excluding carboxylic acids is 1. The number of rotatable bonds is 3. The minimum absolute atomic E-state index is 0.216. The van der Waals surface area contributed by atoms with Gasteiger partial charge in [0.25, 0.3) is 0 Å². The predicted molar refractivity (Wildman–Crippen MR) is 49.3 cm³/mol. The van der Waals surface area contributed by atoms with Gasteiger partial charge in [0, 0.05) is 6.42 Å². The monoisotopic (exact) mass is 186 g/mol. The molecule has 0 N–H and O–H groups in total. The minimum atomic E-state index is 0.216. The highest BCUT2D eigenvalue weighted by atomic mass is 35.5. The molecule has 2 aliphatic rings. The van der Waals surface area contributed by atoms with Crippen molar-refractivity contribution in [2.24, 2.45) is 17.8 Å². The zero-order valence-corrected chi connectivity index (χ0v) is 8.02. The van der Waals surface area contributed by atoms with Crippen LogP contribution in [0.5, 0.6) is 0 Å². The fourth-order valence-electron chi connectivity index (χ4n) is 2.97. The first-order valence-electron chi connectivity index (χ1n) is 4.87. The van der Waals surface area contributed by atoms with Crippen LogP contribution in [0.1, 0.15) is 32.1 Å². The average molecular weight is 187 g/mol. The van der Waals surface area contributed by atoms with Gasteiger partial charge in [-0.3, -0.25) is 4.79 Å². The quantitative estimate of drug-likeness (QED) is 0.620. The molecule has 2 saturated carbocycles. The van der Waals surface area contributed by atoms with Gasteiger partial charge < -0.3 is 0 Å². The summed E-state index contributed by atoms with van der Waals surface area (Å²) in [5, 5.41) is 0. The van der Waals surface area contributed by atoms with Crippen molar-refractivity contribution in [3.05, 3.63) is 0 Å². The molecule has 68 valence electrons. The van der Waals surface area contributed by atoms with E-state index in [4.69, 9.17) is 11.6 Å². The Morgan fingerprint density at radius 1 is 1.33 bits per heavy atom. The molecule has 12 heavy (non-hydrogen) atoms. The summed E-state index contributed by atoms with van der Waals surface area (Å²) in [5.41, 5.74) is 0. The van der Waals surface area contributed by atoms with Crippen LogP contribution in [0.3, 0.4) is 0 Å². The van der Waals surface area contributed by atoms with Crippen LogP contribution < -0.4 is 0 Å². The lowest BCUT2D eigenvalue weighted by Gasteiger charge is -2.20. The Balaban J connectivity index is 1.86. The van der Waals surface area contributed by atoms with E-state index in [2.05, 4.69) is 0 Å². The number of hydrogen-bond donors (Lipinski definition) is 0. The lowest BCUT2D eigenvalue weighted by molar-refractivity contribution is -0.117. The van der Waals surface area contributed by atoms with Crippen molar-refractivity contribution in [2.45, 2.75) is 32.1 Å². The number of ketones is 1. The van der Waals surface area contributed by atoms with Gasteiger partial charge in [0.2, 0.25) is 0 Å². The van der Waals surface area contributed by atoms with Crippen LogP contribution >= 0.6 is 11.6 Å². The third-order valence-electron chi connectivity index (χ3n) is 3.52. The Morgan fingerprint density at radius 2 is 2.17 bits per heavy atom. The van der Waals surface area contributed by atoms with Crippen molar-refractivity contribution in [1.82, 2.24) is 0 Å². The second-order valence-corrected chi connectivity index (χ2v) is 4.58. The van der Waals surface area contributed by atoms with E-state index in [1.165, 1.54) is 25.7 Å². The van der Waals surface area contributed by atoms with Crippen LogP contribution in [0, 0.1) is 17.8 Å². The SMILES string of the molecule is O=C(CCl)CC1CC2CCC1C2. The molecule has 3 atom stereocenters. The maximum absolute atomic E-state index is 11.1. The topological polar surface area (TPSA) is 17.1 Å². The molecule has 1 nitrogen and oxygen atoms in total. The van der Waals surface area contributed by atoms with E-state index in [9.17, 15) is 4.79 Å². The molecule has 0 radical (unpaired) electrons. The van der Waals surface area contributed by atoms with E-state index in [0.717, 1.165) is 18.3 Å². The van der Waals surface area contributed by atoms with Gasteiger partial charge in [-0.1, -0.05) is 6.42 Å². The number of hydrogen-bond acceptors (Lipinski definition) is 1. The molecule has 2 aliphatic carbocycles. The lowest BCUT2D eigenvalue weighted by Crippen LogP contribution is -2.15. The third kappa shape index (κ3) is 1.52. The largest absolute Gasteiger partial charge is 0.298 e. The minimum Gasteiger partial charge on any atom is -0.298 e. The lowest BCUT2D eigenvalue weighted by atomic mass is 9.85. The number of alkyl halides is 1. The third-order valence-corrected chi connectivity index (χ3v) is 3.82. The van der Waals surface area contributed by atoms with Gasteiger partial charge in [-0.2, -0.15) is 0 Å². The van der Waals surface area contributed by atoms with Crippen molar-refractivity contribution < 1.29 is 4.79 Å². The van der Waals surface area contributed by atoms with E-state index >= 15 is 0 Å². The Bertz CT molecular complexity index is 190. The van der Waals surface area contributed by atoms with Crippen molar-refractivity contribution in [3.8, 4) is 0 Å². The van der Waals surface area contributed by atoms with Crippen molar-refractivity contribution in [3.63, 3.8) is 0 Å². The van der Waals surface area contributed by atoms with Gasteiger partial charge in [0.15, 0.2) is 0 Å². The summed E-state index contributed by atoms with van der Waals surface area (Å²) in [6, 6.07) is 0. The molecule has 2 heteroatoms. The number of Topliss-reactive ketones (excluding diaryl/α,β-unsaturated/α-hetero) is 1. The normalized spacial score (nSPS) is 38.9. The van der Waals surface area contributed by atoms with Crippen LogP contribution in [0.4, 0.5) is 0 Å². The molecule has 0 aromatic heterocycles. The van der Waals surface area contributed by atoms with Crippen LogP contribution in [0.2, 0.25) is 0 Å². The number of halogens is 1. The van der Waals surface area contributed by atoms with E-state index in [-0.39, 0.29) is 11.7 Å². The Labute approximate surface area is 78.5 Å². The molecule has 0 aliphatic heterocycles. The second-order valence-electron chi connectivity index (χ2n) is 4.31. The standard InChI is InChI=1S/C10H15ClO/c11-6-10(12)5-9-4-7-1-2-8(9)3-7/h7-9H,1-6H2. The van der Waals surface area contributed by atoms with E-state index < -0.39 is 0 Å². The second kappa shape index (κ2) is 3.37. The summed E-state index contributed by atoms with van der Waals surface area (Å²) in [6.45, 7) is 0. The zero-order valence-electron chi connectivity index (χ0n) is 7.26. The molecule has 0 spiro atoms. The van der Waals surface area contributed by atoms with Gasteiger partial charge in [0.05, 0.1) is 5.88 Å². The molecule has 0 amide bonds. The van der Waals surface area contributed by atoms with Crippen LogP contribution in [0.25, 0.3) is 0 Å². The summed E-state index contributed by atoms with van der Waals surface area (Å²) in [7, 11) is 0. The van der Waals surface area contributed by atoms with Crippen molar-refractivity contribution in [1.29, 1.82) is 0 Å². The summed E-state index contributed by atoms with van der Waals surface area (Å²) in [6.07, 6.45) is 6.22. The average Bonchev–Trinajstić information content (AvgIpc) is 2.64. The molecular weight excluding hydrogens is 172 g/mol. The highest BCUT2D eigenvalue weighted by Gasteiger charge is 2.39. The van der Waals surface area contributed by atoms with Crippen molar-refractivity contribution >= 4 is 17.4 Å². The Kier molecular flexibility index (Phi) is 2.40. The first kappa shape index (κ1) is 8.55. The molecule has 2 rings (SSSR count). The fourth-order valence-corrected chi connectivity index (χ4v) is 3.08. The van der Waals surface area contributed by atoms with Crippen LogP contribution in [0.15, 0.2) is 0 Å². The summed E-state index contributed by atoms with van der Waals surface area (Å²) < 4.78 is 0. The summed E-state index contributed by atoms with van der Waals surface area (Å²) in [4.78, 5) is 11.1. The van der Waals surface area contributed by atoms with E-state index in [1.54, 1.807) is 0 Å². The molecule has 0 saturated heterocycles. The van der Waals surface area contributed by atoms with Gasteiger partial charge >= 0.3 is 0 Å². The molecular formula is C10H15ClO. The van der Waals surface area contributed by atoms with Crippen LogP contribution in [-0.4, -0.2) is 11.7 Å². The highest BCUT2D eigenvalue weighted by molar-refractivity contribution is 6.27. The summed E-state index contributed by atoms with van der Waals surface area (Å²) in [5.74, 6) is 2.96. The predicted octanol–water partition coefficient (Wildman–Crippen LogP) is 2.62. The Morgan fingerprint density at radius 3 is 2.67 bits per heavy atom. The summed E-state index contributed by atoms with van der Waals surface area (Å²) >= 11 is 5.48. The fraction of sp³-hybridized carbons (Fsp3) is 0.900. The van der Waals surface area contributed by atoms with Gasteiger partial charge in [-0.15, -0.1) is 11.6 Å². The van der Waals surface area contributed by atoms with Crippen LogP contribution in [-0.2, 0) is 4.79 Å². The van der Waals surface area contributed by atoms with Gasteiger partial charge in [-0.25, -0.2) is 0 Å². The number of fused-ring (bicyclic) bond motifs is 2. The molecule has 2 bridgehead atoms. The zero-order chi connectivity index (χ0) is 8.55. The molecule has 0 aromatic rings. The maximum atomic E-state index is 11.1. The first-order valence-corrected chi connectivity index (χ1v) is 5.40. The Hall–Kier alpha value is -0.0400. The highest BCUT2D eigenvalue weighted by Crippen LogP contribution is 2.49. The molecule has 2 fully saturated rings.